The van der Waals surface area contributed by atoms with Gasteiger partial charge < -0.3 is 10.2 Å². The maximum Gasteiger partial charge on any atom is 0.0911 e. The summed E-state index contributed by atoms with van der Waals surface area (Å²) in [6.07, 6.45) is 2.94. The average Bonchev–Trinajstić information content (AvgIpc) is 1.98. The maximum atomic E-state index is 4.94. The molecule has 0 bridgehead atoms. The minimum Gasteiger partial charge on any atom is -0.376 e. The van der Waals surface area contributed by atoms with Crippen molar-refractivity contribution < 1.29 is 4.74 Å². The Hall–Kier alpha value is -0.570. The zero-order valence-corrected chi connectivity index (χ0v) is 6.92. The number of hydrogen-bond acceptors (Lipinski definition) is 3. The molecule has 0 saturated heterocycles. The van der Waals surface area contributed by atoms with Crippen LogP contribution in [0.15, 0.2) is 5.10 Å². The van der Waals surface area contributed by atoms with Gasteiger partial charge in [0.05, 0.1) is 12.3 Å². The zero-order valence-electron chi connectivity index (χ0n) is 6.92. The van der Waals surface area contributed by atoms with Crippen molar-refractivity contribution in [2.45, 2.75) is 26.4 Å². The van der Waals surface area contributed by atoms with Gasteiger partial charge in [-0.2, -0.15) is 5.10 Å². The molecule has 0 amide bonds. The number of nitrogens with one attached hydrogen (secondary N) is 1. The molecular formula is C7H16N2O. The fourth-order valence-electron chi connectivity index (χ4n) is 0.395. The third kappa shape index (κ3) is 5.56. The predicted molar refractivity (Wildman–Crippen MR) is 43.3 cm³/mol. The highest BCUT2D eigenvalue weighted by atomic mass is 16.5. The first-order valence-electron chi connectivity index (χ1n) is 3.60. The van der Waals surface area contributed by atoms with E-state index in [-0.39, 0.29) is 6.10 Å². The molecule has 0 aliphatic heterocycles. The van der Waals surface area contributed by atoms with Gasteiger partial charge in [-0.05, 0) is 13.3 Å². The van der Waals surface area contributed by atoms with Gasteiger partial charge in [0, 0.05) is 13.7 Å². The van der Waals surface area contributed by atoms with Crippen LogP contribution in [0.2, 0.25) is 0 Å². The number of methoxy groups -OCH3 is 1. The minimum absolute atomic E-state index is 0.101. The summed E-state index contributed by atoms with van der Waals surface area (Å²) in [5.41, 5.74) is 2.89. The second-order valence-corrected chi connectivity index (χ2v) is 2.13. The van der Waals surface area contributed by atoms with Crippen LogP contribution in [0.3, 0.4) is 0 Å². The lowest BCUT2D eigenvalue weighted by Gasteiger charge is -2.00. The van der Waals surface area contributed by atoms with Crippen LogP contribution < -0.4 is 5.43 Å². The second-order valence-electron chi connectivity index (χ2n) is 2.13. The lowest BCUT2D eigenvalue weighted by atomic mass is 10.4. The largest absolute Gasteiger partial charge is 0.376 e. The highest BCUT2D eigenvalue weighted by molar-refractivity contribution is 5.61. The number of rotatable bonds is 5. The average molecular weight is 144 g/mol. The monoisotopic (exact) mass is 144 g/mol. The van der Waals surface area contributed by atoms with Crippen LogP contribution in [-0.2, 0) is 4.74 Å². The molecule has 1 N–H and O–H groups in total. The molecule has 0 rings (SSSR count). The second kappa shape index (κ2) is 6.55. The molecule has 10 heavy (non-hydrogen) atoms. The van der Waals surface area contributed by atoms with Crippen LogP contribution in [0.1, 0.15) is 20.3 Å². The fraction of sp³-hybridized carbons (Fsp3) is 0.857. The summed E-state index contributed by atoms with van der Waals surface area (Å²) in [4.78, 5) is 0. The van der Waals surface area contributed by atoms with Crippen molar-refractivity contribution >= 4 is 6.21 Å². The van der Waals surface area contributed by atoms with Gasteiger partial charge in [-0.3, -0.25) is 0 Å². The quantitative estimate of drug-likeness (QED) is 0.355. The predicted octanol–water partition coefficient (Wildman–Crippen LogP) is 1.01. The smallest absolute Gasteiger partial charge is 0.0911 e. The standard InChI is InChI=1S/C7H16N2O/c1-4-5-8-9-6-7(2)10-3/h6-8H,4-5H2,1-3H3/b9-6+. The van der Waals surface area contributed by atoms with Crippen LogP contribution in [0.4, 0.5) is 0 Å². The van der Waals surface area contributed by atoms with Crippen molar-refractivity contribution in [1.82, 2.24) is 5.43 Å². The van der Waals surface area contributed by atoms with Gasteiger partial charge in [0.15, 0.2) is 0 Å². The Kier molecular flexibility index (Phi) is 6.18. The summed E-state index contributed by atoms with van der Waals surface area (Å²) in [5.74, 6) is 0. The number of ether oxygens (including phenoxy) is 1. The number of hydrazone groups is 1. The van der Waals surface area contributed by atoms with Crippen molar-refractivity contribution in [2.24, 2.45) is 5.10 Å². The van der Waals surface area contributed by atoms with Crippen LogP contribution in [-0.4, -0.2) is 26.0 Å². The van der Waals surface area contributed by atoms with E-state index in [4.69, 9.17) is 4.74 Å². The van der Waals surface area contributed by atoms with E-state index in [9.17, 15) is 0 Å². The molecule has 0 aliphatic carbocycles. The molecule has 0 aromatic heterocycles. The molecule has 1 unspecified atom stereocenters. The van der Waals surface area contributed by atoms with Gasteiger partial charge in [0.1, 0.15) is 0 Å². The van der Waals surface area contributed by atoms with Crippen LogP contribution >= 0.6 is 0 Å². The normalized spacial score (nSPS) is 13.9. The van der Waals surface area contributed by atoms with Gasteiger partial charge in [0.25, 0.3) is 0 Å². The van der Waals surface area contributed by atoms with Gasteiger partial charge in [-0.1, -0.05) is 6.92 Å². The molecule has 0 fully saturated rings. The molecule has 60 valence electrons. The molecule has 0 aromatic rings. The Morgan fingerprint density at radius 1 is 1.70 bits per heavy atom. The Bertz CT molecular complexity index is 93.6. The number of nitrogens with zero attached hydrogens (tertiary/aromatic N) is 1. The van der Waals surface area contributed by atoms with E-state index in [1.165, 1.54) is 0 Å². The first kappa shape index (κ1) is 9.43. The zero-order chi connectivity index (χ0) is 7.82. The van der Waals surface area contributed by atoms with E-state index in [1.807, 2.05) is 6.92 Å². The highest BCUT2D eigenvalue weighted by Crippen LogP contribution is 1.79. The Balaban J connectivity index is 3.18. The molecule has 0 saturated carbocycles. The van der Waals surface area contributed by atoms with Crippen molar-refractivity contribution in [3.63, 3.8) is 0 Å². The van der Waals surface area contributed by atoms with E-state index < -0.39 is 0 Å². The topological polar surface area (TPSA) is 33.6 Å². The van der Waals surface area contributed by atoms with Crippen LogP contribution in [0.5, 0.6) is 0 Å². The third-order valence-corrected chi connectivity index (χ3v) is 1.11. The van der Waals surface area contributed by atoms with Crippen molar-refractivity contribution in [2.75, 3.05) is 13.7 Å². The fourth-order valence-corrected chi connectivity index (χ4v) is 0.395. The Morgan fingerprint density at radius 2 is 2.40 bits per heavy atom. The highest BCUT2D eigenvalue weighted by Gasteiger charge is 1.89. The molecule has 1 atom stereocenters. The lowest BCUT2D eigenvalue weighted by Crippen LogP contribution is -2.12. The third-order valence-electron chi connectivity index (χ3n) is 1.11. The lowest BCUT2D eigenvalue weighted by molar-refractivity contribution is 0.174. The maximum absolute atomic E-state index is 4.94. The van der Waals surface area contributed by atoms with Gasteiger partial charge >= 0.3 is 0 Å². The summed E-state index contributed by atoms with van der Waals surface area (Å²) >= 11 is 0. The summed E-state index contributed by atoms with van der Waals surface area (Å²) in [6, 6.07) is 0. The molecule has 0 heterocycles. The molecule has 3 nitrogen and oxygen atoms in total. The van der Waals surface area contributed by atoms with E-state index in [2.05, 4.69) is 17.5 Å². The SMILES string of the molecule is CCCN/N=C/C(C)OC. The first-order chi connectivity index (χ1) is 4.81. The number of hydrogen-bond donors (Lipinski definition) is 1. The molecule has 3 heteroatoms. The van der Waals surface area contributed by atoms with E-state index in [0.29, 0.717) is 0 Å². The Morgan fingerprint density at radius 3 is 2.90 bits per heavy atom. The molecule has 0 radical (unpaired) electrons. The summed E-state index contributed by atoms with van der Waals surface area (Å²) in [7, 11) is 1.66. The van der Waals surface area contributed by atoms with Gasteiger partial charge in [0.2, 0.25) is 0 Å². The van der Waals surface area contributed by atoms with Gasteiger partial charge in [-0.25, -0.2) is 0 Å². The van der Waals surface area contributed by atoms with Gasteiger partial charge in [-0.15, -0.1) is 0 Å². The van der Waals surface area contributed by atoms with Crippen molar-refractivity contribution in [1.29, 1.82) is 0 Å². The van der Waals surface area contributed by atoms with E-state index >= 15 is 0 Å². The Labute approximate surface area is 62.5 Å². The molecular weight excluding hydrogens is 128 g/mol. The van der Waals surface area contributed by atoms with E-state index in [1.54, 1.807) is 13.3 Å². The summed E-state index contributed by atoms with van der Waals surface area (Å²) in [5, 5.41) is 3.93. The van der Waals surface area contributed by atoms with Crippen LogP contribution in [0.25, 0.3) is 0 Å². The molecule has 0 aliphatic rings. The first-order valence-corrected chi connectivity index (χ1v) is 3.60. The van der Waals surface area contributed by atoms with Crippen molar-refractivity contribution in [3.05, 3.63) is 0 Å². The minimum atomic E-state index is 0.101. The summed E-state index contributed by atoms with van der Waals surface area (Å²) < 4.78 is 4.94. The molecule has 0 spiro atoms. The summed E-state index contributed by atoms with van der Waals surface area (Å²) in [6.45, 7) is 4.96. The van der Waals surface area contributed by atoms with Crippen LogP contribution in [0, 0.1) is 0 Å². The van der Waals surface area contributed by atoms with Crippen molar-refractivity contribution in [3.8, 4) is 0 Å². The molecule has 0 aromatic carbocycles. The van der Waals surface area contributed by atoms with E-state index in [0.717, 1.165) is 13.0 Å².